The molecule has 0 fully saturated rings. The molecule has 2 rings (SSSR count). The molecule has 0 aliphatic rings. The normalized spacial score (nSPS) is 11.3. The minimum atomic E-state index is -4.36. The number of halogens is 4. The molecular formula is C20H24F3IN4O2. The van der Waals surface area contributed by atoms with Gasteiger partial charge in [0.15, 0.2) is 12.6 Å². The maximum atomic E-state index is 12.2. The van der Waals surface area contributed by atoms with Crippen LogP contribution in [0.2, 0.25) is 0 Å². The molecule has 2 aromatic rings. The predicted octanol–water partition coefficient (Wildman–Crippen LogP) is 4.07. The lowest BCUT2D eigenvalue weighted by Gasteiger charge is -2.13. The summed E-state index contributed by atoms with van der Waals surface area (Å²) in [5.74, 6) is 0.586. The van der Waals surface area contributed by atoms with Gasteiger partial charge in [0.05, 0.1) is 0 Å². The number of aliphatic imine (C=N–C) groups is 1. The van der Waals surface area contributed by atoms with Gasteiger partial charge in [-0.3, -0.25) is 9.79 Å². The molecule has 0 spiro atoms. The Morgan fingerprint density at radius 1 is 1.03 bits per heavy atom. The second-order valence-electron chi connectivity index (χ2n) is 6.21. The number of benzene rings is 2. The third kappa shape index (κ3) is 9.81. The highest BCUT2D eigenvalue weighted by atomic mass is 127. The van der Waals surface area contributed by atoms with Crippen LogP contribution in [0.1, 0.15) is 18.1 Å². The Bertz CT molecular complexity index is 843. The highest BCUT2D eigenvalue weighted by molar-refractivity contribution is 14.0. The average molecular weight is 536 g/mol. The van der Waals surface area contributed by atoms with Gasteiger partial charge in [-0.2, -0.15) is 13.2 Å². The molecule has 164 valence electrons. The molecule has 0 unspecified atom stereocenters. The van der Waals surface area contributed by atoms with Gasteiger partial charge in [0.25, 0.3) is 0 Å². The molecule has 0 atom stereocenters. The van der Waals surface area contributed by atoms with Gasteiger partial charge in [-0.05, 0) is 35.4 Å². The first-order valence-electron chi connectivity index (χ1n) is 8.85. The van der Waals surface area contributed by atoms with Crippen molar-refractivity contribution in [1.29, 1.82) is 0 Å². The zero-order valence-electron chi connectivity index (χ0n) is 16.5. The van der Waals surface area contributed by atoms with Crippen LogP contribution in [0.25, 0.3) is 0 Å². The third-order valence-electron chi connectivity index (χ3n) is 3.72. The Labute approximate surface area is 190 Å². The van der Waals surface area contributed by atoms with Crippen molar-refractivity contribution in [1.82, 2.24) is 10.6 Å². The third-order valence-corrected chi connectivity index (χ3v) is 3.72. The molecule has 6 nitrogen and oxygen atoms in total. The van der Waals surface area contributed by atoms with Crippen molar-refractivity contribution < 1.29 is 22.7 Å². The van der Waals surface area contributed by atoms with Crippen LogP contribution in [-0.4, -0.2) is 31.7 Å². The predicted molar refractivity (Wildman–Crippen MR) is 121 cm³/mol. The molecule has 0 saturated carbocycles. The molecule has 3 N–H and O–H groups in total. The van der Waals surface area contributed by atoms with Gasteiger partial charge in [-0.15, -0.1) is 24.0 Å². The van der Waals surface area contributed by atoms with E-state index in [2.05, 4.69) is 25.7 Å². The van der Waals surface area contributed by atoms with E-state index in [-0.39, 0.29) is 35.6 Å². The number of rotatable bonds is 7. The molecule has 2 aromatic carbocycles. The molecule has 0 radical (unpaired) electrons. The number of nitrogens with zero attached hydrogens (tertiary/aromatic N) is 1. The first kappa shape index (κ1) is 25.5. The number of guanidine groups is 1. The van der Waals surface area contributed by atoms with Crippen LogP contribution in [0.5, 0.6) is 5.75 Å². The van der Waals surface area contributed by atoms with E-state index in [1.54, 1.807) is 25.2 Å². The monoisotopic (exact) mass is 536 g/mol. The van der Waals surface area contributed by atoms with E-state index in [9.17, 15) is 18.0 Å². The molecule has 0 aromatic heterocycles. The van der Waals surface area contributed by atoms with E-state index in [0.717, 1.165) is 11.1 Å². The number of nitrogens with one attached hydrogen (secondary N) is 3. The lowest BCUT2D eigenvalue weighted by Crippen LogP contribution is -2.36. The summed E-state index contributed by atoms with van der Waals surface area (Å²) in [6.45, 7) is 1.07. The van der Waals surface area contributed by atoms with Crippen LogP contribution in [0.4, 0.5) is 18.9 Å². The van der Waals surface area contributed by atoms with Crippen molar-refractivity contribution in [2.75, 3.05) is 19.0 Å². The van der Waals surface area contributed by atoms with Gasteiger partial charge in [-0.1, -0.05) is 24.3 Å². The quantitative estimate of drug-likeness (QED) is 0.284. The van der Waals surface area contributed by atoms with Crippen molar-refractivity contribution in [2.45, 2.75) is 26.2 Å². The topological polar surface area (TPSA) is 74.8 Å². The number of hydrogen-bond acceptors (Lipinski definition) is 3. The first-order valence-corrected chi connectivity index (χ1v) is 8.85. The highest BCUT2D eigenvalue weighted by Crippen LogP contribution is 2.18. The molecule has 0 heterocycles. The minimum Gasteiger partial charge on any atom is -0.484 e. The molecule has 0 saturated heterocycles. The molecule has 0 bridgehead atoms. The van der Waals surface area contributed by atoms with Gasteiger partial charge in [0.1, 0.15) is 5.75 Å². The van der Waals surface area contributed by atoms with Crippen molar-refractivity contribution in [3.8, 4) is 5.75 Å². The fourth-order valence-corrected chi connectivity index (χ4v) is 2.42. The van der Waals surface area contributed by atoms with Crippen molar-refractivity contribution in [3.05, 3.63) is 59.7 Å². The second-order valence-corrected chi connectivity index (χ2v) is 6.21. The summed E-state index contributed by atoms with van der Waals surface area (Å²) in [5.41, 5.74) is 2.54. The number of carbonyl (C=O) groups is 1. The van der Waals surface area contributed by atoms with Crippen LogP contribution in [0.15, 0.2) is 53.5 Å². The molecule has 30 heavy (non-hydrogen) atoms. The van der Waals surface area contributed by atoms with Gasteiger partial charge in [0, 0.05) is 32.7 Å². The first-order chi connectivity index (χ1) is 13.7. The number of amides is 1. The maximum Gasteiger partial charge on any atom is 0.422 e. The standard InChI is InChI=1S/C20H23F3N4O2.HI/c1-14(28)27-17-5-3-4-16(10-17)12-26-19(24-2)25-11-15-6-8-18(9-7-15)29-13-20(21,22)23;/h3-10H,11-13H2,1-2H3,(H,27,28)(H2,24,25,26);1H. The van der Waals surface area contributed by atoms with E-state index in [1.165, 1.54) is 19.1 Å². The van der Waals surface area contributed by atoms with Gasteiger partial charge in [0.2, 0.25) is 5.91 Å². The summed E-state index contributed by atoms with van der Waals surface area (Å²) in [4.78, 5) is 15.3. The zero-order valence-corrected chi connectivity index (χ0v) is 18.9. The molecule has 1 amide bonds. The summed E-state index contributed by atoms with van der Waals surface area (Å²) in [7, 11) is 1.64. The van der Waals surface area contributed by atoms with Gasteiger partial charge < -0.3 is 20.7 Å². The maximum absolute atomic E-state index is 12.2. The molecule has 0 aliphatic carbocycles. The Hall–Kier alpha value is -2.50. The van der Waals surface area contributed by atoms with E-state index >= 15 is 0 Å². The lowest BCUT2D eigenvalue weighted by atomic mass is 10.2. The number of hydrogen-bond donors (Lipinski definition) is 3. The molecule has 10 heteroatoms. The zero-order chi connectivity index (χ0) is 21.3. The fourth-order valence-electron chi connectivity index (χ4n) is 2.42. The van der Waals surface area contributed by atoms with Crippen LogP contribution in [-0.2, 0) is 17.9 Å². The van der Waals surface area contributed by atoms with Crippen LogP contribution >= 0.6 is 24.0 Å². The SMILES string of the molecule is CN=C(NCc1ccc(OCC(F)(F)F)cc1)NCc1cccc(NC(C)=O)c1.I. The summed E-state index contributed by atoms with van der Waals surface area (Å²) < 4.78 is 41.2. The van der Waals surface area contributed by atoms with Crippen LogP contribution in [0.3, 0.4) is 0 Å². The average Bonchev–Trinajstić information content (AvgIpc) is 2.66. The fraction of sp³-hybridized carbons (Fsp3) is 0.300. The minimum absolute atomic E-state index is 0. The summed E-state index contributed by atoms with van der Waals surface area (Å²) in [6.07, 6.45) is -4.36. The number of alkyl halides is 3. The summed E-state index contributed by atoms with van der Waals surface area (Å²) in [6, 6.07) is 13.8. The van der Waals surface area contributed by atoms with Crippen molar-refractivity contribution >= 4 is 41.5 Å². The Kier molecular flexibility index (Phi) is 10.4. The van der Waals surface area contributed by atoms with Gasteiger partial charge >= 0.3 is 6.18 Å². The smallest absolute Gasteiger partial charge is 0.422 e. The number of carbonyl (C=O) groups excluding carboxylic acids is 1. The van der Waals surface area contributed by atoms with Crippen LogP contribution < -0.4 is 20.7 Å². The van der Waals surface area contributed by atoms with E-state index in [1.807, 2.05) is 18.2 Å². The molecule has 0 aliphatic heterocycles. The van der Waals surface area contributed by atoms with Crippen molar-refractivity contribution in [3.63, 3.8) is 0 Å². The van der Waals surface area contributed by atoms with Crippen molar-refractivity contribution in [2.24, 2.45) is 4.99 Å². The Morgan fingerprint density at radius 2 is 1.67 bits per heavy atom. The molecular weight excluding hydrogens is 512 g/mol. The Balaban J connectivity index is 0.00000450. The second kappa shape index (κ2) is 12.3. The summed E-state index contributed by atoms with van der Waals surface area (Å²) in [5, 5.41) is 9.02. The lowest BCUT2D eigenvalue weighted by molar-refractivity contribution is -0.153. The Morgan fingerprint density at radius 3 is 2.23 bits per heavy atom. The van der Waals surface area contributed by atoms with E-state index in [4.69, 9.17) is 0 Å². The number of anilines is 1. The highest BCUT2D eigenvalue weighted by Gasteiger charge is 2.28. The largest absolute Gasteiger partial charge is 0.484 e. The summed E-state index contributed by atoms with van der Waals surface area (Å²) >= 11 is 0. The van der Waals surface area contributed by atoms with E-state index in [0.29, 0.717) is 24.7 Å². The van der Waals surface area contributed by atoms with Crippen LogP contribution in [0, 0.1) is 0 Å². The van der Waals surface area contributed by atoms with E-state index < -0.39 is 12.8 Å². The number of ether oxygens (including phenoxy) is 1. The van der Waals surface area contributed by atoms with Gasteiger partial charge in [-0.25, -0.2) is 0 Å².